The molecule has 2 fully saturated rings. The van der Waals surface area contributed by atoms with Crippen LogP contribution in [0.5, 0.6) is 0 Å². The van der Waals surface area contributed by atoms with Crippen molar-refractivity contribution < 1.29 is 4.79 Å². The Kier molecular flexibility index (Phi) is 4.18. The SMILES string of the molecule is NCCN(CC(=O)N1CCCC1)C1CCC1. The van der Waals surface area contributed by atoms with Gasteiger partial charge in [0.15, 0.2) is 0 Å². The first kappa shape index (κ1) is 11.9. The maximum atomic E-state index is 12.0. The molecule has 0 radical (unpaired) electrons. The van der Waals surface area contributed by atoms with Crippen LogP contribution in [0.2, 0.25) is 0 Å². The lowest BCUT2D eigenvalue weighted by Crippen LogP contribution is -2.48. The zero-order valence-corrected chi connectivity index (χ0v) is 10.0. The molecule has 2 aliphatic rings. The highest BCUT2D eigenvalue weighted by atomic mass is 16.2. The second-order valence-electron chi connectivity index (χ2n) is 4.93. The summed E-state index contributed by atoms with van der Waals surface area (Å²) in [4.78, 5) is 16.3. The maximum absolute atomic E-state index is 12.0. The van der Waals surface area contributed by atoms with Crippen LogP contribution in [0.3, 0.4) is 0 Å². The number of likely N-dealkylation sites (tertiary alicyclic amines) is 1. The third kappa shape index (κ3) is 2.74. The number of carbonyl (C=O) groups is 1. The van der Waals surface area contributed by atoms with Crippen LogP contribution in [-0.2, 0) is 4.79 Å². The van der Waals surface area contributed by atoms with Crippen molar-refractivity contribution in [2.75, 3.05) is 32.7 Å². The van der Waals surface area contributed by atoms with E-state index in [0.29, 0.717) is 25.0 Å². The molecule has 2 rings (SSSR count). The molecule has 0 aromatic rings. The number of rotatable bonds is 5. The fraction of sp³-hybridized carbons (Fsp3) is 0.917. The van der Waals surface area contributed by atoms with Crippen molar-refractivity contribution in [1.29, 1.82) is 0 Å². The second-order valence-corrected chi connectivity index (χ2v) is 4.93. The van der Waals surface area contributed by atoms with E-state index in [4.69, 9.17) is 5.73 Å². The van der Waals surface area contributed by atoms with E-state index in [2.05, 4.69) is 4.90 Å². The average Bonchev–Trinajstić information content (AvgIpc) is 2.67. The Balaban J connectivity index is 1.81. The van der Waals surface area contributed by atoms with Crippen LogP contribution in [0.15, 0.2) is 0 Å². The van der Waals surface area contributed by atoms with Gasteiger partial charge in [-0.3, -0.25) is 9.69 Å². The van der Waals surface area contributed by atoms with Crippen LogP contribution in [-0.4, -0.2) is 54.5 Å². The van der Waals surface area contributed by atoms with Crippen LogP contribution >= 0.6 is 0 Å². The van der Waals surface area contributed by atoms with Crippen molar-refractivity contribution in [2.45, 2.75) is 38.1 Å². The van der Waals surface area contributed by atoms with Gasteiger partial charge in [-0.05, 0) is 25.7 Å². The van der Waals surface area contributed by atoms with Gasteiger partial charge in [0.2, 0.25) is 5.91 Å². The first-order valence-electron chi connectivity index (χ1n) is 6.53. The van der Waals surface area contributed by atoms with Gasteiger partial charge in [-0.25, -0.2) is 0 Å². The lowest BCUT2D eigenvalue weighted by Gasteiger charge is -2.37. The van der Waals surface area contributed by atoms with Crippen molar-refractivity contribution in [2.24, 2.45) is 5.73 Å². The minimum Gasteiger partial charge on any atom is -0.342 e. The maximum Gasteiger partial charge on any atom is 0.236 e. The summed E-state index contributed by atoms with van der Waals surface area (Å²) in [5.74, 6) is 0.304. The minimum atomic E-state index is 0.304. The molecular formula is C12H23N3O. The monoisotopic (exact) mass is 225 g/mol. The summed E-state index contributed by atoms with van der Waals surface area (Å²) in [5, 5.41) is 0. The molecule has 92 valence electrons. The van der Waals surface area contributed by atoms with E-state index in [1.54, 1.807) is 0 Å². The Morgan fingerprint density at radius 3 is 2.44 bits per heavy atom. The number of nitrogens with two attached hydrogens (primary N) is 1. The number of carbonyl (C=O) groups excluding carboxylic acids is 1. The molecule has 1 aliphatic heterocycles. The van der Waals surface area contributed by atoms with E-state index in [1.165, 1.54) is 32.1 Å². The first-order chi connectivity index (χ1) is 7.81. The zero-order valence-electron chi connectivity index (χ0n) is 10.0. The minimum absolute atomic E-state index is 0.304. The average molecular weight is 225 g/mol. The number of hydrogen-bond acceptors (Lipinski definition) is 3. The van der Waals surface area contributed by atoms with Gasteiger partial charge < -0.3 is 10.6 Å². The highest BCUT2D eigenvalue weighted by molar-refractivity contribution is 5.78. The molecule has 4 nitrogen and oxygen atoms in total. The third-order valence-corrected chi connectivity index (χ3v) is 3.80. The quantitative estimate of drug-likeness (QED) is 0.738. The number of amides is 1. The largest absolute Gasteiger partial charge is 0.342 e. The summed E-state index contributed by atoms with van der Waals surface area (Å²) in [6.07, 6.45) is 6.14. The van der Waals surface area contributed by atoms with Crippen molar-refractivity contribution in [3.63, 3.8) is 0 Å². The van der Waals surface area contributed by atoms with Gasteiger partial charge in [0.25, 0.3) is 0 Å². The molecule has 0 aromatic carbocycles. The van der Waals surface area contributed by atoms with E-state index >= 15 is 0 Å². The molecule has 0 spiro atoms. The summed E-state index contributed by atoms with van der Waals surface area (Å²) in [5.41, 5.74) is 5.61. The molecule has 4 heteroatoms. The van der Waals surface area contributed by atoms with Crippen molar-refractivity contribution in [1.82, 2.24) is 9.80 Å². The molecule has 1 saturated carbocycles. The Labute approximate surface area is 97.8 Å². The van der Waals surface area contributed by atoms with Crippen LogP contribution in [0.4, 0.5) is 0 Å². The fourth-order valence-corrected chi connectivity index (χ4v) is 2.55. The Bertz CT molecular complexity index is 234. The molecule has 16 heavy (non-hydrogen) atoms. The van der Waals surface area contributed by atoms with E-state index < -0.39 is 0 Å². The zero-order chi connectivity index (χ0) is 11.4. The smallest absolute Gasteiger partial charge is 0.236 e. The van der Waals surface area contributed by atoms with Crippen molar-refractivity contribution in [3.05, 3.63) is 0 Å². The molecule has 1 saturated heterocycles. The standard InChI is InChI=1S/C12H23N3O/c13-6-9-15(11-4-3-5-11)10-12(16)14-7-1-2-8-14/h11H,1-10,13H2. The van der Waals surface area contributed by atoms with Gasteiger partial charge in [-0.15, -0.1) is 0 Å². The molecule has 1 aliphatic carbocycles. The molecular weight excluding hydrogens is 202 g/mol. The first-order valence-corrected chi connectivity index (χ1v) is 6.53. The van der Waals surface area contributed by atoms with Gasteiger partial charge in [0.1, 0.15) is 0 Å². The van der Waals surface area contributed by atoms with Crippen molar-refractivity contribution >= 4 is 5.91 Å². The number of nitrogens with zero attached hydrogens (tertiary/aromatic N) is 2. The van der Waals surface area contributed by atoms with Gasteiger partial charge in [-0.2, -0.15) is 0 Å². The van der Waals surface area contributed by atoms with Crippen LogP contribution in [0, 0.1) is 0 Å². The second kappa shape index (κ2) is 5.64. The molecule has 1 heterocycles. The van der Waals surface area contributed by atoms with Gasteiger partial charge in [0.05, 0.1) is 6.54 Å². The van der Waals surface area contributed by atoms with Crippen LogP contribution in [0.25, 0.3) is 0 Å². The van der Waals surface area contributed by atoms with Crippen LogP contribution in [0.1, 0.15) is 32.1 Å². The van der Waals surface area contributed by atoms with E-state index in [-0.39, 0.29) is 0 Å². The lowest BCUT2D eigenvalue weighted by molar-refractivity contribution is -0.132. The van der Waals surface area contributed by atoms with Gasteiger partial charge >= 0.3 is 0 Å². The Hall–Kier alpha value is -0.610. The van der Waals surface area contributed by atoms with Crippen LogP contribution < -0.4 is 5.73 Å². The van der Waals surface area contributed by atoms with E-state index in [9.17, 15) is 4.79 Å². The topological polar surface area (TPSA) is 49.6 Å². The molecule has 2 N–H and O–H groups in total. The van der Waals surface area contributed by atoms with E-state index in [0.717, 1.165) is 19.6 Å². The summed E-state index contributed by atoms with van der Waals surface area (Å²) in [6, 6.07) is 0.620. The highest BCUT2D eigenvalue weighted by Gasteiger charge is 2.28. The summed E-state index contributed by atoms with van der Waals surface area (Å²) in [6.45, 7) is 4.02. The third-order valence-electron chi connectivity index (χ3n) is 3.80. The lowest BCUT2D eigenvalue weighted by atomic mass is 9.91. The summed E-state index contributed by atoms with van der Waals surface area (Å²) in [7, 11) is 0. The number of hydrogen-bond donors (Lipinski definition) is 1. The molecule has 0 aromatic heterocycles. The summed E-state index contributed by atoms with van der Waals surface area (Å²) >= 11 is 0. The molecule has 1 amide bonds. The Morgan fingerprint density at radius 2 is 1.94 bits per heavy atom. The van der Waals surface area contributed by atoms with Gasteiger partial charge in [-0.1, -0.05) is 6.42 Å². The molecule has 0 bridgehead atoms. The fourth-order valence-electron chi connectivity index (χ4n) is 2.55. The summed E-state index contributed by atoms with van der Waals surface area (Å²) < 4.78 is 0. The van der Waals surface area contributed by atoms with Crippen molar-refractivity contribution in [3.8, 4) is 0 Å². The van der Waals surface area contributed by atoms with E-state index in [1.807, 2.05) is 4.90 Å². The predicted molar refractivity (Wildman–Crippen MR) is 64.1 cm³/mol. The van der Waals surface area contributed by atoms with Gasteiger partial charge in [0, 0.05) is 32.2 Å². The molecule has 0 atom stereocenters. The Morgan fingerprint density at radius 1 is 1.25 bits per heavy atom. The normalized spacial score (nSPS) is 21.5. The molecule has 0 unspecified atom stereocenters. The highest BCUT2D eigenvalue weighted by Crippen LogP contribution is 2.24. The predicted octanol–water partition coefficient (Wildman–Crippen LogP) is 0.422.